The molecule has 2 fully saturated rings. The molecule has 112 valence electrons. The lowest BCUT2D eigenvalue weighted by molar-refractivity contribution is -0.160. The van der Waals surface area contributed by atoms with Crippen molar-refractivity contribution in [3.8, 4) is 0 Å². The Morgan fingerprint density at radius 1 is 1.29 bits per heavy atom. The van der Waals surface area contributed by atoms with Gasteiger partial charge in [-0.1, -0.05) is 15.9 Å². The van der Waals surface area contributed by atoms with Gasteiger partial charge in [0.1, 0.15) is 5.82 Å². The lowest BCUT2D eigenvalue weighted by atomic mass is 10.1. The van der Waals surface area contributed by atoms with Crippen LogP contribution in [-0.2, 0) is 16.1 Å². The lowest BCUT2D eigenvalue weighted by Crippen LogP contribution is -2.65. The van der Waals surface area contributed by atoms with Gasteiger partial charge in [0.05, 0.1) is 6.04 Å². The third-order valence-electron chi connectivity index (χ3n) is 3.81. The van der Waals surface area contributed by atoms with Crippen LogP contribution in [-0.4, -0.2) is 53.8 Å². The van der Waals surface area contributed by atoms with E-state index in [4.69, 9.17) is 0 Å². The molecule has 5 nitrogen and oxygen atoms in total. The molecule has 21 heavy (non-hydrogen) atoms. The summed E-state index contributed by atoms with van der Waals surface area (Å²) in [7, 11) is 0. The highest BCUT2D eigenvalue weighted by Crippen LogP contribution is 2.20. The van der Waals surface area contributed by atoms with Crippen LogP contribution in [0.1, 0.15) is 5.56 Å². The van der Waals surface area contributed by atoms with E-state index in [0.717, 1.165) is 0 Å². The van der Waals surface area contributed by atoms with Crippen LogP contribution in [0.25, 0.3) is 0 Å². The van der Waals surface area contributed by atoms with Gasteiger partial charge in [-0.2, -0.15) is 0 Å². The minimum absolute atomic E-state index is 0.000880. The van der Waals surface area contributed by atoms with Crippen LogP contribution in [0.3, 0.4) is 0 Å². The number of nitrogens with one attached hydrogen (secondary N) is 1. The number of carbonyl (C=O) groups excluding carboxylic acids is 2. The van der Waals surface area contributed by atoms with Crippen LogP contribution in [0.5, 0.6) is 0 Å². The zero-order valence-electron chi connectivity index (χ0n) is 11.3. The summed E-state index contributed by atoms with van der Waals surface area (Å²) >= 11 is 3.23. The summed E-state index contributed by atoms with van der Waals surface area (Å²) < 4.78 is 14.0. The summed E-state index contributed by atoms with van der Waals surface area (Å²) in [5, 5.41) is 3.22. The van der Waals surface area contributed by atoms with Gasteiger partial charge in [-0.15, -0.1) is 0 Å². The van der Waals surface area contributed by atoms with E-state index in [2.05, 4.69) is 21.2 Å². The maximum Gasteiger partial charge on any atom is 0.312 e. The van der Waals surface area contributed by atoms with Crippen LogP contribution >= 0.6 is 15.9 Å². The van der Waals surface area contributed by atoms with Crippen LogP contribution in [0.15, 0.2) is 22.7 Å². The number of hydrogen-bond acceptors (Lipinski definition) is 3. The molecule has 0 spiro atoms. The molecule has 1 aromatic rings. The quantitative estimate of drug-likeness (QED) is 0.795. The first kappa shape index (κ1) is 14.5. The van der Waals surface area contributed by atoms with E-state index in [1.54, 1.807) is 11.0 Å². The highest BCUT2D eigenvalue weighted by Gasteiger charge is 2.39. The third-order valence-corrected chi connectivity index (χ3v) is 4.27. The number of piperazine rings is 2. The van der Waals surface area contributed by atoms with Crippen molar-refractivity contribution in [1.29, 1.82) is 0 Å². The van der Waals surface area contributed by atoms with Crippen molar-refractivity contribution in [3.05, 3.63) is 34.1 Å². The van der Waals surface area contributed by atoms with Gasteiger partial charge in [-0.05, 0) is 23.8 Å². The van der Waals surface area contributed by atoms with E-state index in [1.165, 1.54) is 17.0 Å². The number of fused-ring (bicyclic) bond motifs is 1. The normalized spacial score (nSPS) is 22.5. The average Bonchev–Trinajstić information content (AvgIpc) is 2.43. The smallest absolute Gasteiger partial charge is 0.312 e. The van der Waals surface area contributed by atoms with Crippen molar-refractivity contribution in [2.45, 2.75) is 12.6 Å². The standard InChI is InChI=1S/C14H15BrFN3O2/c15-10-3-9(4-11(16)5-10)7-18-8-12-6-17-1-2-19(12)14(21)13(18)20/h3-5,12,17H,1-2,6-8H2. The summed E-state index contributed by atoms with van der Waals surface area (Å²) in [6, 6.07) is 4.50. The maximum absolute atomic E-state index is 13.4. The Bertz CT molecular complexity index is 575. The summed E-state index contributed by atoms with van der Waals surface area (Å²) in [6.07, 6.45) is 0. The third kappa shape index (κ3) is 2.94. The van der Waals surface area contributed by atoms with Gasteiger partial charge < -0.3 is 15.1 Å². The minimum atomic E-state index is -0.506. The van der Waals surface area contributed by atoms with Gasteiger partial charge >= 0.3 is 11.8 Å². The molecule has 0 aliphatic carbocycles. The van der Waals surface area contributed by atoms with Crippen molar-refractivity contribution in [1.82, 2.24) is 15.1 Å². The van der Waals surface area contributed by atoms with Crippen LogP contribution < -0.4 is 5.32 Å². The number of carbonyl (C=O) groups is 2. The predicted octanol–water partition coefficient (Wildman–Crippen LogP) is 0.731. The molecular weight excluding hydrogens is 341 g/mol. The molecule has 2 saturated heterocycles. The molecule has 0 bridgehead atoms. The Hall–Kier alpha value is -1.47. The fourth-order valence-corrected chi connectivity index (χ4v) is 3.36. The maximum atomic E-state index is 13.4. The Morgan fingerprint density at radius 2 is 2.10 bits per heavy atom. The number of benzene rings is 1. The molecule has 1 unspecified atom stereocenters. The molecule has 3 rings (SSSR count). The molecule has 1 atom stereocenters. The minimum Gasteiger partial charge on any atom is -0.328 e. The molecule has 0 aromatic heterocycles. The van der Waals surface area contributed by atoms with Crippen LogP contribution in [0.2, 0.25) is 0 Å². The van der Waals surface area contributed by atoms with E-state index in [9.17, 15) is 14.0 Å². The lowest BCUT2D eigenvalue weighted by Gasteiger charge is -2.43. The van der Waals surface area contributed by atoms with Crippen LogP contribution in [0, 0.1) is 5.82 Å². The molecule has 1 aromatic carbocycles. The van der Waals surface area contributed by atoms with Gasteiger partial charge in [0.2, 0.25) is 0 Å². The van der Waals surface area contributed by atoms with E-state index in [1.807, 2.05) is 0 Å². The van der Waals surface area contributed by atoms with Gasteiger partial charge in [-0.25, -0.2) is 4.39 Å². The largest absolute Gasteiger partial charge is 0.328 e. The number of hydrogen-bond donors (Lipinski definition) is 1. The fraction of sp³-hybridized carbons (Fsp3) is 0.429. The van der Waals surface area contributed by atoms with Crippen molar-refractivity contribution in [3.63, 3.8) is 0 Å². The second-order valence-corrected chi connectivity index (χ2v) is 6.24. The monoisotopic (exact) mass is 355 g/mol. The topological polar surface area (TPSA) is 52.7 Å². The molecule has 0 radical (unpaired) electrons. The summed E-state index contributed by atoms with van der Waals surface area (Å²) in [5.74, 6) is -1.33. The average molecular weight is 356 g/mol. The molecule has 0 saturated carbocycles. The molecular formula is C14H15BrFN3O2. The van der Waals surface area contributed by atoms with Gasteiger partial charge in [0.25, 0.3) is 0 Å². The van der Waals surface area contributed by atoms with Crippen molar-refractivity contribution in [2.24, 2.45) is 0 Å². The second kappa shape index (κ2) is 5.73. The molecule has 2 heterocycles. The molecule has 1 N–H and O–H groups in total. The Balaban J connectivity index is 1.78. The van der Waals surface area contributed by atoms with Gasteiger partial charge in [0.15, 0.2) is 0 Å². The SMILES string of the molecule is O=C1C(=O)N2CCNCC2CN1Cc1cc(F)cc(Br)c1. The second-order valence-electron chi connectivity index (χ2n) is 5.32. The van der Waals surface area contributed by atoms with E-state index in [-0.39, 0.29) is 18.4 Å². The zero-order valence-corrected chi connectivity index (χ0v) is 12.9. The molecule has 2 amide bonds. The van der Waals surface area contributed by atoms with Crippen LogP contribution in [0.4, 0.5) is 4.39 Å². The summed E-state index contributed by atoms with van der Waals surface area (Å²) in [6.45, 7) is 2.68. The fourth-order valence-electron chi connectivity index (χ4n) is 2.85. The Kier molecular flexibility index (Phi) is 3.95. The summed E-state index contributed by atoms with van der Waals surface area (Å²) in [4.78, 5) is 27.4. The zero-order chi connectivity index (χ0) is 15.0. The first-order valence-corrected chi connectivity index (χ1v) is 7.59. The van der Waals surface area contributed by atoms with Crippen molar-refractivity contribution >= 4 is 27.7 Å². The number of halogens is 2. The van der Waals surface area contributed by atoms with E-state index < -0.39 is 11.8 Å². The molecule has 7 heteroatoms. The van der Waals surface area contributed by atoms with Gasteiger partial charge in [-0.3, -0.25) is 9.59 Å². The highest BCUT2D eigenvalue weighted by atomic mass is 79.9. The molecule has 2 aliphatic heterocycles. The highest BCUT2D eigenvalue weighted by molar-refractivity contribution is 9.10. The summed E-state index contributed by atoms with van der Waals surface area (Å²) in [5.41, 5.74) is 0.667. The number of rotatable bonds is 2. The first-order chi connectivity index (χ1) is 10.0. The van der Waals surface area contributed by atoms with E-state index in [0.29, 0.717) is 36.2 Å². The van der Waals surface area contributed by atoms with Crippen molar-refractivity contribution in [2.75, 3.05) is 26.2 Å². The van der Waals surface area contributed by atoms with Crippen molar-refractivity contribution < 1.29 is 14.0 Å². The van der Waals surface area contributed by atoms with E-state index >= 15 is 0 Å². The first-order valence-electron chi connectivity index (χ1n) is 6.80. The Morgan fingerprint density at radius 3 is 2.86 bits per heavy atom. The molecule has 2 aliphatic rings. The number of nitrogens with zero attached hydrogens (tertiary/aromatic N) is 2. The van der Waals surface area contributed by atoms with Gasteiger partial charge in [0, 0.05) is 37.2 Å². The Labute approximate surface area is 130 Å². The number of amides is 2. The predicted molar refractivity (Wildman–Crippen MR) is 77.9 cm³/mol.